The van der Waals surface area contributed by atoms with Crippen molar-refractivity contribution in [1.82, 2.24) is 24.3 Å². The van der Waals surface area contributed by atoms with Gasteiger partial charge in [-0.1, -0.05) is 36.7 Å². The van der Waals surface area contributed by atoms with Crippen LogP contribution in [0.4, 0.5) is 8.78 Å². The van der Waals surface area contributed by atoms with Crippen molar-refractivity contribution in [2.24, 2.45) is 12.0 Å². The molecule has 39 heavy (non-hydrogen) atoms. The maximum absolute atomic E-state index is 15.8. The third-order valence-electron chi connectivity index (χ3n) is 6.20. The largest absolute Gasteiger partial charge is 0.284 e. The van der Waals surface area contributed by atoms with Crippen molar-refractivity contribution in [2.45, 2.75) is 33.1 Å². The zero-order chi connectivity index (χ0) is 28.1. The van der Waals surface area contributed by atoms with Crippen LogP contribution in [0.3, 0.4) is 0 Å². The number of rotatable bonds is 8. The van der Waals surface area contributed by atoms with E-state index in [2.05, 4.69) is 20.1 Å². The van der Waals surface area contributed by atoms with Crippen LogP contribution in [0.15, 0.2) is 82.9 Å². The standard InChI is InChI=1S/C29H27ClF2N6O/c1-5-12-34-27(21-10-8-11-22(26(21)32)28-35-17-36-37(28)4)24(31)16-38-19(3)15-23(25(30)29(38)39)18(2)14-20-9-6-7-13-33-20/h5-13,15-18H,14H2,1-4H3/b12-5+,24-16-,34-27+. The third-order valence-corrected chi connectivity index (χ3v) is 6.58. The van der Waals surface area contributed by atoms with E-state index < -0.39 is 17.2 Å². The van der Waals surface area contributed by atoms with Gasteiger partial charge in [-0.2, -0.15) is 5.10 Å². The first-order chi connectivity index (χ1) is 18.7. The van der Waals surface area contributed by atoms with Crippen LogP contribution in [-0.2, 0) is 13.5 Å². The molecule has 0 saturated carbocycles. The molecule has 4 rings (SSSR count). The molecule has 3 aromatic heterocycles. The van der Waals surface area contributed by atoms with Gasteiger partial charge in [0.25, 0.3) is 5.56 Å². The van der Waals surface area contributed by atoms with Gasteiger partial charge in [0.15, 0.2) is 11.7 Å². The van der Waals surface area contributed by atoms with Crippen molar-refractivity contribution in [3.63, 3.8) is 0 Å². The lowest BCUT2D eigenvalue weighted by atomic mass is 9.96. The van der Waals surface area contributed by atoms with Crippen LogP contribution in [0.5, 0.6) is 0 Å². The fourth-order valence-electron chi connectivity index (χ4n) is 4.22. The zero-order valence-electron chi connectivity index (χ0n) is 21.9. The van der Waals surface area contributed by atoms with Gasteiger partial charge >= 0.3 is 0 Å². The molecule has 10 heteroatoms. The number of nitrogens with zero attached hydrogens (tertiary/aromatic N) is 6. The van der Waals surface area contributed by atoms with Crippen LogP contribution < -0.4 is 5.56 Å². The number of aliphatic imine (C=N–C) groups is 1. The van der Waals surface area contributed by atoms with E-state index >= 15 is 8.78 Å². The molecule has 1 atom stereocenters. The second-order valence-corrected chi connectivity index (χ2v) is 9.35. The molecule has 200 valence electrons. The maximum atomic E-state index is 15.8. The highest BCUT2D eigenvalue weighted by Gasteiger charge is 2.22. The van der Waals surface area contributed by atoms with Gasteiger partial charge in [-0.25, -0.2) is 18.4 Å². The van der Waals surface area contributed by atoms with E-state index in [1.807, 2.05) is 25.1 Å². The second kappa shape index (κ2) is 12.1. The average Bonchev–Trinajstić information content (AvgIpc) is 3.35. The fraction of sp³-hybridized carbons (Fsp3) is 0.207. The smallest absolute Gasteiger partial charge is 0.273 e. The van der Waals surface area contributed by atoms with Gasteiger partial charge in [0.2, 0.25) is 0 Å². The summed E-state index contributed by atoms with van der Waals surface area (Å²) in [5.74, 6) is -1.47. The SMILES string of the molecule is C/C=C/N=C(/C(F)=C/n1c(C)cc(C(C)Cc2ccccn2)c(Cl)c1=O)c1cccc(-c2ncnn2C)c1F. The molecule has 0 amide bonds. The van der Waals surface area contributed by atoms with E-state index in [0.29, 0.717) is 17.7 Å². The van der Waals surface area contributed by atoms with Gasteiger partial charge < -0.3 is 0 Å². The van der Waals surface area contributed by atoms with E-state index in [9.17, 15) is 4.79 Å². The van der Waals surface area contributed by atoms with Crippen molar-refractivity contribution in [2.75, 3.05) is 0 Å². The van der Waals surface area contributed by atoms with Gasteiger partial charge in [0.05, 0.1) is 11.8 Å². The number of halogens is 3. The summed E-state index contributed by atoms with van der Waals surface area (Å²) in [5.41, 5.74) is 1.12. The van der Waals surface area contributed by atoms with Crippen molar-refractivity contribution in [3.05, 3.63) is 117 Å². The molecule has 0 spiro atoms. The van der Waals surface area contributed by atoms with E-state index in [4.69, 9.17) is 11.6 Å². The Morgan fingerprint density at radius 1 is 1.21 bits per heavy atom. The zero-order valence-corrected chi connectivity index (χ0v) is 22.7. The summed E-state index contributed by atoms with van der Waals surface area (Å²) in [6.07, 6.45) is 7.50. The van der Waals surface area contributed by atoms with Gasteiger partial charge in [-0.15, -0.1) is 0 Å². The van der Waals surface area contributed by atoms with Crippen LogP contribution in [0, 0.1) is 12.7 Å². The van der Waals surface area contributed by atoms with E-state index in [1.54, 1.807) is 45.3 Å². The first kappa shape index (κ1) is 27.8. The molecule has 0 N–H and O–H groups in total. The Labute approximate surface area is 229 Å². The van der Waals surface area contributed by atoms with E-state index in [0.717, 1.165) is 16.5 Å². The number of aromatic nitrogens is 5. The van der Waals surface area contributed by atoms with E-state index in [-0.39, 0.29) is 33.6 Å². The molecule has 0 aliphatic heterocycles. The molecule has 4 aromatic rings. The molecule has 0 radical (unpaired) electrons. The Balaban J connectivity index is 1.76. The van der Waals surface area contributed by atoms with Crippen LogP contribution in [0.25, 0.3) is 17.6 Å². The molecular formula is C29H27ClF2N6O. The third kappa shape index (κ3) is 5.93. The first-order valence-corrected chi connectivity index (χ1v) is 12.6. The molecular weight excluding hydrogens is 522 g/mol. The van der Waals surface area contributed by atoms with Gasteiger partial charge in [0.1, 0.15) is 22.9 Å². The quantitative estimate of drug-likeness (QED) is 0.243. The molecule has 0 bridgehead atoms. The summed E-state index contributed by atoms with van der Waals surface area (Å²) in [7, 11) is 1.63. The van der Waals surface area contributed by atoms with E-state index in [1.165, 1.54) is 29.3 Å². The highest BCUT2D eigenvalue weighted by molar-refractivity contribution is 6.31. The van der Waals surface area contributed by atoms with Crippen molar-refractivity contribution in [1.29, 1.82) is 0 Å². The molecule has 7 nitrogen and oxygen atoms in total. The van der Waals surface area contributed by atoms with Gasteiger partial charge in [-0.3, -0.25) is 19.3 Å². The maximum Gasteiger partial charge on any atom is 0.273 e. The number of pyridine rings is 2. The lowest BCUT2D eigenvalue weighted by Gasteiger charge is -2.16. The Bertz CT molecular complexity index is 1640. The van der Waals surface area contributed by atoms with Crippen molar-refractivity contribution in [3.8, 4) is 11.4 Å². The molecule has 3 heterocycles. The highest BCUT2D eigenvalue weighted by Crippen LogP contribution is 2.28. The summed E-state index contributed by atoms with van der Waals surface area (Å²) in [6, 6.07) is 11.9. The summed E-state index contributed by atoms with van der Waals surface area (Å²) in [5, 5.41) is 3.96. The lowest BCUT2D eigenvalue weighted by Crippen LogP contribution is -2.22. The molecule has 0 saturated heterocycles. The molecule has 0 aliphatic carbocycles. The fourth-order valence-corrected chi connectivity index (χ4v) is 4.55. The van der Waals surface area contributed by atoms with Crippen LogP contribution in [-0.4, -0.2) is 30.0 Å². The minimum Gasteiger partial charge on any atom is -0.284 e. The first-order valence-electron chi connectivity index (χ1n) is 12.2. The van der Waals surface area contributed by atoms with Crippen LogP contribution in [0.1, 0.15) is 42.3 Å². The topological polar surface area (TPSA) is 78.0 Å². The lowest BCUT2D eigenvalue weighted by molar-refractivity contribution is 0.622. The number of aryl methyl sites for hydroxylation is 2. The molecule has 0 fully saturated rings. The van der Waals surface area contributed by atoms with Crippen molar-refractivity contribution < 1.29 is 8.78 Å². The average molecular weight is 549 g/mol. The number of allylic oxidation sites excluding steroid dienone is 2. The second-order valence-electron chi connectivity index (χ2n) is 8.97. The predicted octanol–water partition coefficient (Wildman–Crippen LogP) is 6.28. The predicted molar refractivity (Wildman–Crippen MR) is 150 cm³/mol. The Hall–Kier alpha value is -4.24. The monoisotopic (exact) mass is 548 g/mol. The minimum atomic E-state index is -0.919. The number of hydrogen-bond acceptors (Lipinski definition) is 5. The normalized spacial score (nSPS) is 13.3. The summed E-state index contributed by atoms with van der Waals surface area (Å²) in [4.78, 5) is 25.8. The van der Waals surface area contributed by atoms with Crippen LogP contribution in [0.2, 0.25) is 5.02 Å². The van der Waals surface area contributed by atoms with Crippen LogP contribution >= 0.6 is 11.6 Å². The van der Waals surface area contributed by atoms with Gasteiger partial charge in [-0.05, 0) is 62.1 Å². The Morgan fingerprint density at radius 2 is 2.00 bits per heavy atom. The summed E-state index contributed by atoms with van der Waals surface area (Å²) < 4.78 is 34.0. The molecule has 1 aromatic carbocycles. The molecule has 1 unspecified atom stereocenters. The van der Waals surface area contributed by atoms with Crippen molar-refractivity contribution >= 4 is 23.5 Å². The Kier molecular flexibility index (Phi) is 8.61. The summed E-state index contributed by atoms with van der Waals surface area (Å²) in [6.45, 7) is 5.33. The molecule has 0 aliphatic rings. The highest BCUT2D eigenvalue weighted by atomic mass is 35.5. The summed E-state index contributed by atoms with van der Waals surface area (Å²) >= 11 is 6.49. The number of hydrogen-bond donors (Lipinski definition) is 0. The number of benzene rings is 1. The Morgan fingerprint density at radius 3 is 2.67 bits per heavy atom. The van der Waals surface area contributed by atoms with Gasteiger partial charge in [0, 0.05) is 36.4 Å². The minimum absolute atomic E-state index is 0.0181.